The Kier molecular flexibility index (Phi) is 2.08. The van der Waals surface area contributed by atoms with E-state index in [9.17, 15) is 19.8 Å². The molecule has 0 atom stereocenters. The van der Waals surface area contributed by atoms with Crippen LogP contribution >= 0.6 is 0 Å². The van der Waals surface area contributed by atoms with Crippen LogP contribution in [0.1, 0.15) is 20.7 Å². The molecule has 0 saturated heterocycles. The molecular formula is C12H6O4. The highest BCUT2D eigenvalue weighted by molar-refractivity contribution is 6.29. The van der Waals surface area contributed by atoms with Gasteiger partial charge in [0, 0.05) is 25.0 Å². The van der Waals surface area contributed by atoms with E-state index in [4.69, 9.17) is 13.8 Å². The van der Waals surface area contributed by atoms with Crippen molar-refractivity contribution >= 4 is 11.6 Å². The molecule has 0 bridgehead atoms. The van der Waals surface area contributed by atoms with Crippen molar-refractivity contribution in [3.05, 3.63) is 48.3 Å². The van der Waals surface area contributed by atoms with Crippen LogP contribution in [-0.2, 0) is 0 Å². The lowest BCUT2D eigenvalue weighted by atomic mass is 9.84. The van der Waals surface area contributed by atoms with Gasteiger partial charge in [-0.1, -0.05) is 0 Å². The lowest BCUT2D eigenvalue weighted by Crippen LogP contribution is -2.20. The highest BCUT2D eigenvalue weighted by Gasteiger charge is 2.32. The molecule has 1 aromatic carbocycles. The molecule has 0 spiro atoms. The lowest BCUT2D eigenvalue weighted by molar-refractivity contribution is 0.0975. The fraction of sp³-hybridized carbons (Fsp3) is 0. The van der Waals surface area contributed by atoms with Gasteiger partial charge in [-0.15, -0.1) is 0 Å². The number of Topliss-reactive ketones (excluding diaryl/α,β-unsaturated/α-hetero) is 2. The number of hydrogen-bond donors (Lipinski definition) is 2. The van der Waals surface area contributed by atoms with Crippen molar-refractivity contribution in [2.24, 2.45) is 0 Å². The standard InChI is InChI=1S/C12H6O4/c1-5-6(2)12(16)10-8(14)4-3-7(13)9(10)11(5)15/h1-4,13-14H. The molecule has 4 radical (unpaired) electrons. The lowest BCUT2D eigenvalue weighted by Gasteiger charge is -2.17. The number of allylic oxidation sites excluding steroid dienone is 2. The number of ketones is 2. The minimum Gasteiger partial charge on any atom is -0.507 e. The summed E-state index contributed by atoms with van der Waals surface area (Å²) in [5.74, 6) is -2.36. The van der Waals surface area contributed by atoms with E-state index in [2.05, 4.69) is 0 Å². The van der Waals surface area contributed by atoms with E-state index >= 15 is 0 Å². The second kappa shape index (κ2) is 3.20. The Hall–Kier alpha value is -2.10. The summed E-state index contributed by atoms with van der Waals surface area (Å²) in [6.07, 6.45) is 0. The Bertz CT molecular complexity index is 503. The third-order valence-corrected chi connectivity index (χ3v) is 2.39. The predicted molar refractivity (Wildman–Crippen MR) is 54.1 cm³/mol. The normalized spacial score (nSPS) is 15.4. The zero-order valence-electron chi connectivity index (χ0n) is 8.02. The Labute approximate surface area is 91.8 Å². The van der Waals surface area contributed by atoms with Gasteiger partial charge in [0.05, 0.1) is 11.1 Å². The van der Waals surface area contributed by atoms with Gasteiger partial charge < -0.3 is 10.2 Å². The molecule has 0 aromatic heterocycles. The minimum atomic E-state index is -0.763. The second-order valence-corrected chi connectivity index (χ2v) is 3.34. The molecular weight excluding hydrogens is 208 g/mol. The van der Waals surface area contributed by atoms with Crippen molar-refractivity contribution in [3.63, 3.8) is 0 Å². The van der Waals surface area contributed by atoms with Gasteiger partial charge >= 0.3 is 0 Å². The summed E-state index contributed by atoms with van der Waals surface area (Å²) in [4.78, 5) is 23.3. The van der Waals surface area contributed by atoms with Crippen LogP contribution in [0.3, 0.4) is 0 Å². The maximum atomic E-state index is 11.7. The van der Waals surface area contributed by atoms with Crippen molar-refractivity contribution < 1.29 is 19.8 Å². The molecule has 2 rings (SSSR count). The molecule has 78 valence electrons. The molecule has 0 saturated carbocycles. The first kappa shape index (κ1) is 10.4. The minimum absolute atomic E-state index is 0.309. The fourth-order valence-corrected chi connectivity index (χ4v) is 1.55. The quantitative estimate of drug-likeness (QED) is 0.636. The van der Waals surface area contributed by atoms with Crippen molar-refractivity contribution in [2.45, 2.75) is 0 Å². The van der Waals surface area contributed by atoms with Gasteiger partial charge in [-0.3, -0.25) is 9.59 Å². The molecule has 0 amide bonds. The van der Waals surface area contributed by atoms with E-state index < -0.39 is 34.2 Å². The van der Waals surface area contributed by atoms with Gasteiger partial charge in [0.25, 0.3) is 0 Å². The first-order valence-corrected chi connectivity index (χ1v) is 4.34. The first-order chi connectivity index (χ1) is 7.45. The third-order valence-electron chi connectivity index (χ3n) is 2.39. The van der Waals surface area contributed by atoms with Gasteiger partial charge in [-0.05, 0) is 12.1 Å². The molecule has 1 aliphatic carbocycles. The average Bonchev–Trinajstić information content (AvgIpc) is 2.26. The number of fused-ring (bicyclic) bond motifs is 1. The summed E-state index contributed by atoms with van der Waals surface area (Å²) in [7, 11) is 0. The van der Waals surface area contributed by atoms with Crippen LogP contribution in [0.25, 0.3) is 0 Å². The number of aromatic hydroxyl groups is 2. The maximum absolute atomic E-state index is 11.7. The molecule has 0 unspecified atom stereocenters. The van der Waals surface area contributed by atoms with Crippen molar-refractivity contribution in [1.82, 2.24) is 0 Å². The van der Waals surface area contributed by atoms with E-state index in [0.29, 0.717) is 0 Å². The molecule has 1 aromatic rings. The SMILES string of the molecule is [CH]C1=C([CH])C(=O)c2c(O)ccc(O)c2C1=O. The van der Waals surface area contributed by atoms with Crippen LogP contribution in [-0.4, -0.2) is 21.8 Å². The van der Waals surface area contributed by atoms with E-state index in [-0.39, 0.29) is 11.1 Å². The van der Waals surface area contributed by atoms with Gasteiger partial charge in [0.1, 0.15) is 11.5 Å². The third kappa shape index (κ3) is 1.16. The molecule has 16 heavy (non-hydrogen) atoms. The van der Waals surface area contributed by atoms with E-state index in [1.54, 1.807) is 0 Å². The Morgan fingerprint density at radius 3 is 1.44 bits per heavy atom. The number of carbonyl (C=O) groups excluding carboxylic acids is 2. The van der Waals surface area contributed by atoms with E-state index in [1.165, 1.54) is 0 Å². The van der Waals surface area contributed by atoms with Crippen LogP contribution in [0.4, 0.5) is 0 Å². The summed E-state index contributed by atoms with van der Waals surface area (Å²) in [6.45, 7) is 10.7. The van der Waals surface area contributed by atoms with Crippen LogP contribution in [0, 0.1) is 13.8 Å². The zero-order chi connectivity index (χ0) is 12.0. The number of rotatable bonds is 0. The van der Waals surface area contributed by atoms with Gasteiger partial charge in [0.2, 0.25) is 0 Å². The Morgan fingerprint density at radius 1 is 0.812 bits per heavy atom. The molecule has 0 heterocycles. The summed E-state index contributed by atoms with van der Waals surface area (Å²) in [5, 5.41) is 18.9. The van der Waals surface area contributed by atoms with Crippen LogP contribution in [0.2, 0.25) is 0 Å². The Morgan fingerprint density at radius 2 is 1.12 bits per heavy atom. The van der Waals surface area contributed by atoms with Crippen LogP contribution < -0.4 is 0 Å². The summed E-state index contributed by atoms with van der Waals surface area (Å²) in [5.41, 5.74) is -1.45. The molecule has 0 fully saturated rings. The van der Waals surface area contributed by atoms with Crippen LogP contribution in [0.5, 0.6) is 11.5 Å². The van der Waals surface area contributed by atoms with Crippen molar-refractivity contribution in [2.75, 3.05) is 0 Å². The maximum Gasteiger partial charge on any atom is 0.194 e. The average molecular weight is 214 g/mol. The summed E-state index contributed by atoms with van der Waals surface area (Å²) >= 11 is 0. The van der Waals surface area contributed by atoms with Gasteiger partial charge in [-0.25, -0.2) is 0 Å². The predicted octanol–water partition coefficient (Wildman–Crippen LogP) is 1.20. The first-order valence-electron chi connectivity index (χ1n) is 4.34. The van der Waals surface area contributed by atoms with E-state index in [1.807, 2.05) is 0 Å². The van der Waals surface area contributed by atoms with Crippen molar-refractivity contribution in [1.29, 1.82) is 0 Å². The smallest absolute Gasteiger partial charge is 0.194 e. The summed E-state index contributed by atoms with van der Waals surface area (Å²) < 4.78 is 0. The molecule has 0 aliphatic heterocycles. The number of phenols is 2. The summed E-state index contributed by atoms with van der Waals surface area (Å²) in [6, 6.07) is 2.21. The zero-order valence-corrected chi connectivity index (χ0v) is 8.02. The number of hydrogen-bond acceptors (Lipinski definition) is 4. The van der Waals surface area contributed by atoms with Crippen LogP contribution in [0.15, 0.2) is 23.3 Å². The van der Waals surface area contributed by atoms with Gasteiger partial charge in [0.15, 0.2) is 11.6 Å². The van der Waals surface area contributed by atoms with Crippen molar-refractivity contribution in [3.8, 4) is 11.5 Å². The second-order valence-electron chi connectivity index (χ2n) is 3.34. The molecule has 2 N–H and O–H groups in total. The number of phenolic OH excluding ortho intramolecular Hbond substituents is 2. The number of benzene rings is 1. The van der Waals surface area contributed by atoms with Gasteiger partial charge in [-0.2, -0.15) is 0 Å². The Balaban J connectivity index is 2.86. The highest BCUT2D eigenvalue weighted by atomic mass is 16.3. The highest BCUT2D eigenvalue weighted by Crippen LogP contribution is 2.36. The molecule has 4 nitrogen and oxygen atoms in total. The molecule has 4 heteroatoms. The number of carbonyl (C=O) groups is 2. The fourth-order valence-electron chi connectivity index (χ4n) is 1.55. The largest absolute Gasteiger partial charge is 0.507 e. The monoisotopic (exact) mass is 214 g/mol. The topological polar surface area (TPSA) is 74.6 Å². The van der Waals surface area contributed by atoms with E-state index in [0.717, 1.165) is 12.1 Å². The molecule has 1 aliphatic rings.